The molecular formula is C18H20N2O5. The molecule has 1 aliphatic rings. The van der Waals surface area contributed by atoms with Crippen LogP contribution in [-0.2, 0) is 16.1 Å². The summed E-state index contributed by atoms with van der Waals surface area (Å²) in [7, 11) is 1.56. The molecule has 1 aromatic heterocycles. The maximum Gasteiger partial charge on any atom is 0.267 e. The smallest absolute Gasteiger partial charge is 0.267 e. The number of carbonyl (C=O) groups excluding carboxylic acids is 2. The first-order valence-corrected chi connectivity index (χ1v) is 8.01. The van der Waals surface area contributed by atoms with E-state index >= 15 is 0 Å². The number of para-hydroxylation sites is 2. The van der Waals surface area contributed by atoms with Gasteiger partial charge in [0.25, 0.3) is 5.91 Å². The Morgan fingerprint density at radius 3 is 2.52 bits per heavy atom. The van der Waals surface area contributed by atoms with E-state index in [1.54, 1.807) is 38.2 Å². The average Bonchev–Trinajstić information content (AvgIpc) is 3.12. The van der Waals surface area contributed by atoms with Crippen molar-refractivity contribution in [1.29, 1.82) is 0 Å². The summed E-state index contributed by atoms with van der Waals surface area (Å²) in [5, 5.41) is 2.70. The van der Waals surface area contributed by atoms with Crippen molar-refractivity contribution in [3.05, 3.63) is 48.4 Å². The van der Waals surface area contributed by atoms with Crippen LogP contribution in [0.15, 0.2) is 47.1 Å². The zero-order valence-electron chi connectivity index (χ0n) is 14.1. The van der Waals surface area contributed by atoms with Gasteiger partial charge in [-0.2, -0.15) is 0 Å². The number of likely N-dealkylation sites (N-methyl/N-ethyl adjacent to an activating group) is 1. The molecule has 0 saturated heterocycles. The Morgan fingerprint density at radius 2 is 1.84 bits per heavy atom. The Morgan fingerprint density at radius 1 is 1.12 bits per heavy atom. The SMILES string of the molecule is CC1Oc2ccccc2OC1C(=O)N(C)CC(=O)NCc1ccco1. The van der Waals surface area contributed by atoms with Gasteiger partial charge in [-0.05, 0) is 31.2 Å². The van der Waals surface area contributed by atoms with Crippen molar-refractivity contribution in [3.8, 4) is 11.5 Å². The lowest BCUT2D eigenvalue weighted by atomic mass is 10.1. The predicted octanol–water partition coefficient (Wildman–Crippen LogP) is 1.58. The molecule has 2 atom stereocenters. The normalized spacial score (nSPS) is 18.5. The minimum Gasteiger partial charge on any atom is -0.482 e. The third kappa shape index (κ3) is 3.93. The van der Waals surface area contributed by atoms with E-state index in [2.05, 4.69) is 5.32 Å². The molecule has 1 aliphatic heterocycles. The first-order chi connectivity index (χ1) is 12.0. The van der Waals surface area contributed by atoms with Gasteiger partial charge in [0.1, 0.15) is 11.9 Å². The van der Waals surface area contributed by atoms with Gasteiger partial charge in [0, 0.05) is 7.05 Å². The minimum absolute atomic E-state index is 0.0756. The van der Waals surface area contributed by atoms with Crippen LogP contribution >= 0.6 is 0 Å². The number of nitrogens with one attached hydrogen (secondary N) is 1. The summed E-state index contributed by atoms with van der Waals surface area (Å²) < 4.78 is 16.6. The van der Waals surface area contributed by atoms with Gasteiger partial charge in [-0.15, -0.1) is 0 Å². The van der Waals surface area contributed by atoms with Crippen molar-refractivity contribution < 1.29 is 23.5 Å². The zero-order chi connectivity index (χ0) is 17.8. The van der Waals surface area contributed by atoms with Crippen LogP contribution in [0.4, 0.5) is 0 Å². The maximum absolute atomic E-state index is 12.6. The second-order valence-corrected chi connectivity index (χ2v) is 5.86. The molecular weight excluding hydrogens is 324 g/mol. The molecule has 1 N–H and O–H groups in total. The largest absolute Gasteiger partial charge is 0.482 e. The van der Waals surface area contributed by atoms with E-state index in [4.69, 9.17) is 13.9 Å². The molecule has 3 rings (SSSR count). The lowest BCUT2D eigenvalue weighted by molar-refractivity contribution is -0.145. The monoisotopic (exact) mass is 344 g/mol. The van der Waals surface area contributed by atoms with Crippen LogP contribution in [0.25, 0.3) is 0 Å². The molecule has 0 aliphatic carbocycles. The molecule has 2 amide bonds. The Labute approximate surface area is 145 Å². The van der Waals surface area contributed by atoms with Gasteiger partial charge in [-0.25, -0.2) is 0 Å². The molecule has 7 nitrogen and oxygen atoms in total. The van der Waals surface area contributed by atoms with Gasteiger partial charge in [0.2, 0.25) is 12.0 Å². The highest BCUT2D eigenvalue weighted by Crippen LogP contribution is 2.33. The van der Waals surface area contributed by atoms with Crippen LogP contribution < -0.4 is 14.8 Å². The van der Waals surface area contributed by atoms with Crippen molar-refractivity contribution >= 4 is 11.8 Å². The quantitative estimate of drug-likeness (QED) is 0.891. The van der Waals surface area contributed by atoms with Crippen molar-refractivity contribution in [3.63, 3.8) is 0 Å². The number of rotatable bonds is 5. The summed E-state index contributed by atoms with van der Waals surface area (Å²) >= 11 is 0. The average molecular weight is 344 g/mol. The van der Waals surface area contributed by atoms with E-state index in [0.717, 1.165) is 0 Å². The standard InChI is InChI=1S/C18H20N2O5/c1-12-17(25-15-8-4-3-7-14(15)24-12)18(22)20(2)11-16(21)19-10-13-6-5-9-23-13/h3-9,12,17H,10-11H2,1-2H3,(H,19,21). The fourth-order valence-corrected chi connectivity index (χ4v) is 2.56. The van der Waals surface area contributed by atoms with Crippen molar-refractivity contribution in [2.75, 3.05) is 13.6 Å². The molecule has 0 bridgehead atoms. The zero-order valence-corrected chi connectivity index (χ0v) is 14.1. The topological polar surface area (TPSA) is 81.0 Å². The van der Waals surface area contributed by atoms with Crippen molar-refractivity contribution in [1.82, 2.24) is 10.2 Å². The third-order valence-corrected chi connectivity index (χ3v) is 3.88. The number of carbonyl (C=O) groups is 2. The fraction of sp³-hybridized carbons (Fsp3) is 0.333. The van der Waals surface area contributed by atoms with Gasteiger partial charge < -0.3 is 24.1 Å². The van der Waals surface area contributed by atoms with Gasteiger partial charge in [0.15, 0.2) is 11.5 Å². The molecule has 7 heteroatoms. The highest BCUT2D eigenvalue weighted by molar-refractivity contribution is 5.87. The number of furan rings is 1. The fourth-order valence-electron chi connectivity index (χ4n) is 2.56. The molecule has 0 spiro atoms. The number of amides is 2. The number of benzene rings is 1. The molecule has 0 saturated carbocycles. The molecule has 2 heterocycles. The first-order valence-electron chi connectivity index (χ1n) is 8.01. The summed E-state index contributed by atoms with van der Waals surface area (Å²) in [5.74, 6) is 1.19. The molecule has 2 aromatic rings. The van der Waals surface area contributed by atoms with E-state index < -0.39 is 12.2 Å². The summed E-state index contributed by atoms with van der Waals surface area (Å²) in [6.07, 6.45) is 0.297. The Bertz CT molecular complexity index is 744. The molecule has 25 heavy (non-hydrogen) atoms. The number of fused-ring (bicyclic) bond motifs is 1. The first kappa shape index (κ1) is 16.9. The van der Waals surface area contributed by atoms with E-state index in [9.17, 15) is 9.59 Å². The van der Waals surface area contributed by atoms with Crippen molar-refractivity contribution in [2.45, 2.75) is 25.7 Å². The molecule has 0 fully saturated rings. The number of hydrogen-bond donors (Lipinski definition) is 1. The molecule has 0 radical (unpaired) electrons. The van der Waals surface area contributed by atoms with Crippen LogP contribution in [0.2, 0.25) is 0 Å². The van der Waals surface area contributed by atoms with E-state index in [0.29, 0.717) is 17.3 Å². The van der Waals surface area contributed by atoms with E-state index in [1.165, 1.54) is 11.2 Å². The van der Waals surface area contributed by atoms with Gasteiger partial charge in [0.05, 0.1) is 19.4 Å². The second kappa shape index (κ2) is 7.29. The maximum atomic E-state index is 12.6. The van der Waals surface area contributed by atoms with Crippen LogP contribution in [0, 0.1) is 0 Å². The summed E-state index contributed by atoms with van der Waals surface area (Å²) in [6, 6.07) is 10.7. The highest BCUT2D eigenvalue weighted by atomic mass is 16.6. The van der Waals surface area contributed by atoms with Crippen LogP contribution in [0.1, 0.15) is 12.7 Å². The van der Waals surface area contributed by atoms with E-state index in [-0.39, 0.29) is 24.9 Å². The highest BCUT2D eigenvalue weighted by Gasteiger charge is 2.36. The van der Waals surface area contributed by atoms with Crippen LogP contribution in [-0.4, -0.2) is 42.5 Å². The van der Waals surface area contributed by atoms with E-state index in [1.807, 2.05) is 12.1 Å². The molecule has 2 unspecified atom stereocenters. The number of nitrogens with zero attached hydrogens (tertiary/aromatic N) is 1. The molecule has 132 valence electrons. The lowest BCUT2D eigenvalue weighted by Gasteiger charge is -2.33. The lowest BCUT2D eigenvalue weighted by Crippen LogP contribution is -2.51. The molecule has 1 aromatic carbocycles. The number of hydrogen-bond acceptors (Lipinski definition) is 5. The Balaban J connectivity index is 1.56. The van der Waals surface area contributed by atoms with Crippen LogP contribution in [0.5, 0.6) is 11.5 Å². The summed E-state index contributed by atoms with van der Waals surface area (Å²) in [4.78, 5) is 25.9. The van der Waals surface area contributed by atoms with Gasteiger partial charge in [-0.3, -0.25) is 9.59 Å². The van der Waals surface area contributed by atoms with Crippen LogP contribution in [0.3, 0.4) is 0 Å². The minimum atomic E-state index is -0.794. The Kier molecular flexibility index (Phi) is 4.92. The van der Waals surface area contributed by atoms with Gasteiger partial charge in [-0.1, -0.05) is 12.1 Å². The number of ether oxygens (including phenoxy) is 2. The second-order valence-electron chi connectivity index (χ2n) is 5.86. The van der Waals surface area contributed by atoms with Gasteiger partial charge >= 0.3 is 0 Å². The third-order valence-electron chi connectivity index (χ3n) is 3.88. The summed E-state index contributed by atoms with van der Waals surface area (Å²) in [6.45, 7) is 1.97. The Hall–Kier alpha value is -2.96. The predicted molar refractivity (Wildman–Crippen MR) is 89.1 cm³/mol. The van der Waals surface area contributed by atoms with Crippen molar-refractivity contribution in [2.24, 2.45) is 0 Å². The summed E-state index contributed by atoms with van der Waals surface area (Å²) in [5.41, 5.74) is 0.